The van der Waals surface area contributed by atoms with Crippen LogP contribution in [0.15, 0.2) is 12.1 Å². The van der Waals surface area contributed by atoms with Crippen LogP contribution in [0.2, 0.25) is 0 Å². The van der Waals surface area contributed by atoms with E-state index in [9.17, 15) is 4.79 Å². The highest BCUT2D eigenvalue weighted by Crippen LogP contribution is 2.21. The number of carboxylic acid groups (broad SMARTS) is 1. The van der Waals surface area contributed by atoms with Crippen LogP contribution in [0.1, 0.15) is 36.7 Å². The third-order valence-electron chi connectivity index (χ3n) is 2.97. The van der Waals surface area contributed by atoms with Crippen molar-refractivity contribution in [2.75, 3.05) is 11.4 Å². The fourth-order valence-electron chi connectivity index (χ4n) is 2.03. The molecule has 86 valence electrons. The Morgan fingerprint density at radius 3 is 2.81 bits per heavy atom. The van der Waals surface area contributed by atoms with Gasteiger partial charge in [0.1, 0.15) is 0 Å². The Morgan fingerprint density at radius 2 is 2.25 bits per heavy atom. The Labute approximate surface area is 94.1 Å². The summed E-state index contributed by atoms with van der Waals surface area (Å²) < 4.78 is 0. The molecule has 1 saturated heterocycles. The number of rotatable bonds is 2. The summed E-state index contributed by atoms with van der Waals surface area (Å²) in [6, 6.07) is 3.70. The van der Waals surface area contributed by atoms with Crippen molar-refractivity contribution in [1.82, 2.24) is 10.2 Å². The van der Waals surface area contributed by atoms with Crippen LogP contribution in [0.3, 0.4) is 0 Å². The smallest absolute Gasteiger partial charge is 0.356 e. The van der Waals surface area contributed by atoms with E-state index in [0.717, 1.165) is 25.2 Å². The van der Waals surface area contributed by atoms with Gasteiger partial charge in [-0.1, -0.05) is 0 Å². The summed E-state index contributed by atoms with van der Waals surface area (Å²) in [5.74, 6) is -0.261. The van der Waals surface area contributed by atoms with E-state index in [-0.39, 0.29) is 5.69 Å². The fraction of sp³-hybridized carbons (Fsp3) is 0.545. The van der Waals surface area contributed by atoms with E-state index >= 15 is 0 Å². The zero-order valence-corrected chi connectivity index (χ0v) is 9.26. The molecule has 0 radical (unpaired) electrons. The molecule has 0 aromatic carbocycles. The van der Waals surface area contributed by atoms with Crippen molar-refractivity contribution < 1.29 is 9.90 Å². The molecule has 1 aromatic heterocycles. The van der Waals surface area contributed by atoms with Gasteiger partial charge >= 0.3 is 5.97 Å². The first kappa shape index (κ1) is 10.9. The molecule has 2 heterocycles. The molecule has 1 aromatic rings. The summed E-state index contributed by atoms with van der Waals surface area (Å²) in [6.07, 6.45) is 3.56. The van der Waals surface area contributed by atoms with Crippen molar-refractivity contribution in [1.29, 1.82) is 0 Å². The minimum Gasteiger partial charge on any atom is -0.476 e. The van der Waals surface area contributed by atoms with Gasteiger partial charge < -0.3 is 10.0 Å². The van der Waals surface area contributed by atoms with Crippen LogP contribution >= 0.6 is 0 Å². The van der Waals surface area contributed by atoms with Gasteiger partial charge in [0.25, 0.3) is 0 Å². The molecule has 1 N–H and O–H groups in total. The van der Waals surface area contributed by atoms with Gasteiger partial charge in [-0.25, -0.2) is 4.79 Å². The van der Waals surface area contributed by atoms with E-state index < -0.39 is 5.97 Å². The molecule has 0 saturated carbocycles. The Kier molecular flexibility index (Phi) is 3.03. The molecule has 5 heteroatoms. The molecular weight excluding hydrogens is 206 g/mol. The number of hydrogen-bond donors (Lipinski definition) is 1. The van der Waals surface area contributed by atoms with Gasteiger partial charge in [-0.3, -0.25) is 0 Å². The van der Waals surface area contributed by atoms with Crippen LogP contribution in [0, 0.1) is 0 Å². The topological polar surface area (TPSA) is 66.3 Å². The SMILES string of the molecule is CC1CCCCN1c1ccc(C(=O)O)nn1. The van der Waals surface area contributed by atoms with Gasteiger partial charge in [0.2, 0.25) is 0 Å². The molecule has 5 nitrogen and oxygen atoms in total. The Morgan fingerprint density at radius 1 is 1.44 bits per heavy atom. The molecule has 0 amide bonds. The summed E-state index contributed by atoms with van der Waals surface area (Å²) in [4.78, 5) is 12.8. The number of anilines is 1. The van der Waals surface area contributed by atoms with Gasteiger partial charge in [-0.15, -0.1) is 10.2 Å². The van der Waals surface area contributed by atoms with Gasteiger partial charge in [-0.05, 0) is 38.3 Å². The third kappa shape index (κ3) is 2.13. The molecule has 1 fully saturated rings. The molecule has 2 rings (SSSR count). The molecule has 0 aliphatic carbocycles. The normalized spacial score (nSPS) is 20.8. The van der Waals surface area contributed by atoms with Crippen molar-refractivity contribution in [3.05, 3.63) is 17.8 Å². The predicted molar refractivity (Wildman–Crippen MR) is 59.7 cm³/mol. The summed E-state index contributed by atoms with van der Waals surface area (Å²) in [5, 5.41) is 16.4. The molecule has 16 heavy (non-hydrogen) atoms. The Hall–Kier alpha value is -1.65. The van der Waals surface area contributed by atoms with Crippen LogP contribution in [-0.2, 0) is 0 Å². The van der Waals surface area contributed by atoms with E-state index in [1.807, 2.05) is 0 Å². The lowest BCUT2D eigenvalue weighted by molar-refractivity contribution is 0.0689. The second kappa shape index (κ2) is 4.47. The monoisotopic (exact) mass is 221 g/mol. The number of nitrogens with zero attached hydrogens (tertiary/aromatic N) is 3. The first-order valence-corrected chi connectivity index (χ1v) is 5.52. The molecule has 1 aliphatic rings. The Bertz CT molecular complexity index is 377. The maximum absolute atomic E-state index is 10.6. The lowest BCUT2D eigenvalue weighted by Crippen LogP contribution is -2.38. The van der Waals surface area contributed by atoms with Gasteiger partial charge in [0, 0.05) is 12.6 Å². The van der Waals surface area contributed by atoms with E-state index in [1.54, 1.807) is 6.07 Å². The van der Waals surface area contributed by atoms with Crippen LogP contribution in [0.5, 0.6) is 0 Å². The lowest BCUT2D eigenvalue weighted by atomic mass is 10.0. The molecule has 1 aliphatic heterocycles. The number of aromatic nitrogens is 2. The first-order chi connectivity index (χ1) is 7.68. The summed E-state index contributed by atoms with van der Waals surface area (Å²) in [5.41, 5.74) is -0.00610. The van der Waals surface area contributed by atoms with Gasteiger partial charge in [0.15, 0.2) is 11.5 Å². The zero-order chi connectivity index (χ0) is 11.5. The quantitative estimate of drug-likeness (QED) is 0.820. The standard InChI is InChI=1S/C11H15N3O2/c1-8-4-2-3-7-14(8)10-6-5-9(11(15)16)12-13-10/h5-6,8H,2-4,7H2,1H3,(H,15,16). The summed E-state index contributed by atoms with van der Waals surface area (Å²) in [6.45, 7) is 3.13. The van der Waals surface area contributed by atoms with Crippen LogP contribution in [0.25, 0.3) is 0 Å². The van der Waals surface area contributed by atoms with Crippen molar-refractivity contribution in [2.24, 2.45) is 0 Å². The first-order valence-electron chi connectivity index (χ1n) is 5.52. The van der Waals surface area contributed by atoms with Crippen molar-refractivity contribution in [2.45, 2.75) is 32.2 Å². The average Bonchev–Trinajstić information content (AvgIpc) is 2.30. The van der Waals surface area contributed by atoms with Crippen molar-refractivity contribution in [3.8, 4) is 0 Å². The van der Waals surface area contributed by atoms with E-state index in [1.165, 1.54) is 12.5 Å². The third-order valence-corrected chi connectivity index (χ3v) is 2.97. The van der Waals surface area contributed by atoms with Crippen LogP contribution in [-0.4, -0.2) is 33.9 Å². The minimum absolute atomic E-state index is 0.00610. The fourth-order valence-corrected chi connectivity index (χ4v) is 2.03. The number of piperidine rings is 1. The van der Waals surface area contributed by atoms with Crippen molar-refractivity contribution >= 4 is 11.8 Å². The second-order valence-corrected chi connectivity index (χ2v) is 4.12. The number of carbonyl (C=O) groups is 1. The molecular formula is C11H15N3O2. The highest BCUT2D eigenvalue weighted by Gasteiger charge is 2.20. The molecule has 1 unspecified atom stereocenters. The minimum atomic E-state index is -1.04. The highest BCUT2D eigenvalue weighted by molar-refractivity contribution is 5.85. The van der Waals surface area contributed by atoms with Gasteiger partial charge in [-0.2, -0.15) is 0 Å². The average molecular weight is 221 g/mol. The predicted octanol–water partition coefficient (Wildman–Crippen LogP) is 1.55. The number of carboxylic acids is 1. The zero-order valence-electron chi connectivity index (χ0n) is 9.26. The lowest BCUT2D eigenvalue weighted by Gasteiger charge is -2.33. The van der Waals surface area contributed by atoms with E-state index in [4.69, 9.17) is 5.11 Å². The highest BCUT2D eigenvalue weighted by atomic mass is 16.4. The largest absolute Gasteiger partial charge is 0.476 e. The molecule has 0 spiro atoms. The second-order valence-electron chi connectivity index (χ2n) is 4.12. The van der Waals surface area contributed by atoms with E-state index in [0.29, 0.717) is 6.04 Å². The maximum atomic E-state index is 10.6. The van der Waals surface area contributed by atoms with Crippen LogP contribution < -0.4 is 4.90 Å². The van der Waals surface area contributed by atoms with E-state index in [2.05, 4.69) is 22.0 Å². The maximum Gasteiger partial charge on any atom is 0.356 e. The number of hydrogen-bond acceptors (Lipinski definition) is 4. The van der Waals surface area contributed by atoms with Gasteiger partial charge in [0.05, 0.1) is 0 Å². The molecule has 0 bridgehead atoms. The van der Waals surface area contributed by atoms with Crippen molar-refractivity contribution in [3.63, 3.8) is 0 Å². The molecule has 1 atom stereocenters. The summed E-state index contributed by atoms with van der Waals surface area (Å²) in [7, 11) is 0. The Balaban J connectivity index is 2.17. The number of aromatic carboxylic acids is 1. The summed E-state index contributed by atoms with van der Waals surface area (Å²) >= 11 is 0. The van der Waals surface area contributed by atoms with Crippen LogP contribution in [0.4, 0.5) is 5.82 Å².